The van der Waals surface area contributed by atoms with Crippen molar-refractivity contribution in [2.45, 2.75) is 130 Å². The summed E-state index contributed by atoms with van der Waals surface area (Å²) in [7, 11) is 0. The van der Waals surface area contributed by atoms with Gasteiger partial charge in [-0.05, 0) is 0 Å². The Balaban J connectivity index is 5.61. The van der Waals surface area contributed by atoms with Gasteiger partial charge in [-0.1, -0.05) is 0 Å². The summed E-state index contributed by atoms with van der Waals surface area (Å²) >= 11 is -2.37. The molecule has 0 spiro atoms. The molecule has 0 heterocycles. The van der Waals surface area contributed by atoms with Crippen LogP contribution in [-0.2, 0) is 4.74 Å². The summed E-state index contributed by atoms with van der Waals surface area (Å²) < 4.78 is 11.3. The summed E-state index contributed by atoms with van der Waals surface area (Å²) in [6, 6.07) is 0. The number of hydrogen-bond acceptors (Lipinski definition) is 2. The molecule has 3 heteroatoms. The van der Waals surface area contributed by atoms with Crippen LogP contribution in [0.1, 0.15) is 100 Å². The first kappa shape index (κ1) is 27.3. The van der Waals surface area contributed by atoms with Crippen molar-refractivity contribution in [3.05, 3.63) is 12.3 Å². The van der Waals surface area contributed by atoms with E-state index in [0.29, 0.717) is 11.8 Å². The SMILES string of the molecule is CCC[CH2][Sn]([CH2]CCC)([CH2]CCC)[CH](/C=C\O[C@H](C)C[C@@H](C)O)C(C)(C)C. The number of aliphatic hydroxyl groups is 1. The zero-order chi connectivity index (χ0) is 20.9. The van der Waals surface area contributed by atoms with Crippen LogP contribution in [0.4, 0.5) is 0 Å². The zero-order valence-electron chi connectivity index (χ0n) is 19.8. The first-order chi connectivity index (χ1) is 12.6. The van der Waals surface area contributed by atoms with E-state index < -0.39 is 18.4 Å². The first-order valence-electron chi connectivity index (χ1n) is 11.6. The molecule has 0 radical (unpaired) electrons. The molecule has 162 valence electrons. The van der Waals surface area contributed by atoms with Crippen LogP contribution in [0.3, 0.4) is 0 Å². The molecule has 0 aromatic carbocycles. The minimum atomic E-state index is -2.37. The fourth-order valence-corrected chi connectivity index (χ4v) is 25.1. The topological polar surface area (TPSA) is 29.5 Å². The van der Waals surface area contributed by atoms with Crippen LogP contribution in [0.15, 0.2) is 12.3 Å². The van der Waals surface area contributed by atoms with Crippen LogP contribution in [0.5, 0.6) is 0 Å². The third-order valence-electron chi connectivity index (χ3n) is 5.93. The Morgan fingerprint density at radius 3 is 1.67 bits per heavy atom. The average molecular weight is 489 g/mol. The molecule has 1 N–H and O–H groups in total. The maximum atomic E-state index is 9.59. The maximum absolute atomic E-state index is 9.59. The normalized spacial score (nSPS) is 16.5. The van der Waals surface area contributed by atoms with Gasteiger partial charge in [0.1, 0.15) is 0 Å². The minimum absolute atomic E-state index is 0.0772. The van der Waals surface area contributed by atoms with E-state index in [4.69, 9.17) is 4.74 Å². The Bertz CT molecular complexity index is 363. The van der Waals surface area contributed by atoms with Crippen molar-refractivity contribution >= 4 is 18.4 Å². The number of aliphatic hydroxyl groups excluding tert-OH is 1. The first-order valence-corrected chi connectivity index (χ1v) is 19.3. The van der Waals surface area contributed by atoms with Crippen molar-refractivity contribution in [1.82, 2.24) is 0 Å². The zero-order valence-corrected chi connectivity index (χ0v) is 22.7. The van der Waals surface area contributed by atoms with Crippen molar-refractivity contribution < 1.29 is 9.84 Å². The summed E-state index contributed by atoms with van der Waals surface area (Å²) in [6.07, 6.45) is 13.1. The molecule has 0 aliphatic carbocycles. The van der Waals surface area contributed by atoms with E-state index >= 15 is 0 Å². The van der Waals surface area contributed by atoms with E-state index in [9.17, 15) is 5.11 Å². The number of unbranched alkanes of at least 4 members (excludes halogenated alkanes) is 3. The standard InChI is InChI=1S/C12H23O2.3C4H9.Sn/c1-10(13)9-11(2)14-8-6-7-12(3,4)5;3*1-3-4-2;/h6-8,10-11,13H,9H2,1-5H3;3*1,3-4H2,2H3;/b8-6-;;;;/t10-,11-;;;;/m1..../s1. The average Bonchev–Trinajstić information content (AvgIpc) is 2.57. The fourth-order valence-electron chi connectivity index (χ4n) is 4.63. The van der Waals surface area contributed by atoms with Crippen LogP contribution in [0.2, 0.25) is 17.2 Å². The van der Waals surface area contributed by atoms with Gasteiger partial charge in [-0.25, -0.2) is 0 Å². The summed E-state index contributed by atoms with van der Waals surface area (Å²) in [5.41, 5.74) is 0.304. The van der Waals surface area contributed by atoms with Gasteiger partial charge in [0.25, 0.3) is 0 Å². The van der Waals surface area contributed by atoms with Gasteiger partial charge in [0.15, 0.2) is 0 Å². The van der Waals surface area contributed by atoms with Crippen LogP contribution >= 0.6 is 0 Å². The van der Waals surface area contributed by atoms with Gasteiger partial charge < -0.3 is 0 Å². The second kappa shape index (κ2) is 14.3. The summed E-state index contributed by atoms with van der Waals surface area (Å²) in [6.45, 7) is 18.3. The van der Waals surface area contributed by atoms with Crippen molar-refractivity contribution in [3.63, 3.8) is 0 Å². The molecular weight excluding hydrogens is 439 g/mol. The van der Waals surface area contributed by atoms with Gasteiger partial charge >= 0.3 is 176 Å². The van der Waals surface area contributed by atoms with Crippen molar-refractivity contribution in [2.24, 2.45) is 5.41 Å². The summed E-state index contributed by atoms with van der Waals surface area (Å²) in [4.78, 5) is 0. The van der Waals surface area contributed by atoms with E-state index in [2.05, 4.69) is 54.5 Å². The fraction of sp³-hybridized carbons (Fsp3) is 0.917. The van der Waals surface area contributed by atoms with Crippen LogP contribution < -0.4 is 0 Å². The second-order valence-corrected chi connectivity index (χ2v) is 23.7. The molecule has 0 aromatic rings. The molecule has 0 bridgehead atoms. The molecule has 3 atom stereocenters. The molecule has 2 nitrogen and oxygen atoms in total. The molecule has 0 saturated carbocycles. The van der Waals surface area contributed by atoms with E-state index in [1.807, 2.05) is 13.2 Å². The third-order valence-corrected chi connectivity index (χ3v) is 24.3. The molecule has 0 aliphatic rings. The molecule has 1 unspecified atom stereocenters. The van der Waals surface area contributed by atoms with Gasteiger partial charge in [0.2, 0.25) is 0 Å². The Kier molecular flexibility index (Phi) is 14.5. The molecule has 0 rings (SSSR count). The predicted molar refractivity (Wildman–Crippen MR) is 124 cm³/mol. The Morgan fingerprint density at radius 2 is 1.33 bits per heavy atom. The van der Waals surface area contributed by atoms with Gasteiger partial charge in [-0.3, -0.25) is 0 Å². The number of allylic oxidation sites excluding steroid dienone is 1. The quantitative estimate of drug-likeness (QED) is 0.187. The van der Waals surface area contributed by atoms with Gasteiger partial charge in [-0.15, -0.1) is 0 Å². The second-order valence-electron chi connectivity index (χ2n) is 9.88. The molecule has 27 heavy (non-hydrogen) atoms. The van der Waals surface area contributed by atoms with Crippen LogP contribution in [0.25, 0.3) is 0 Å². The predicted octanol–water partition coefficient (Wildman–Crippen LogP) is 7.94. The molecule has 0 aliphatic heterocycles. The summed E-state index contributed by atoms with van der Waals surface area (Å²) in [5, 5.41) is 9.59. The van der Waals surface area contributed by atoms with Crippen molar-refractivity contribution in [1.29, 1.82) is 0 Å². The van der Waals surface area contributed by atoms with E-state index in [0.717, 1.165) is 3.93 Å². The van der Waals surface area contributed by atoms with Gasteiger partial charge in [0, 0.05) is 0 Å². The number of rotatable bonds is 15. The van der Waals surface area contributed by atoms with E-state index in [1.165, 1.54) is 51.8 Å². The molecule has 0 aromatic heterocycles. The molecular formula is C24H50O2Sn. The van der Waals surface area contributed by atoms with E-state index in [-0.39, 0.29) is 12.2 Å². The molecule has 0 saturated heterocycles. The van der Waals surface area contributed by atoms with Crippen LogP contribution in [0, 0.1) is 5.41 Å². The van der Waals surface area contributed by atoms with E-state index in [1.54, 1.807) is 0 Å². The molecule has 0 amide bonds. The monoisotopic (exact) mass is 490 g/mol. The van der Waals surface area contributed by atoms with Crippen molar-refractivity contribution in [3.8, 4) is 0 Å². The number of ether oxygens (including phenoxy) is 1. The third kappa shape index (κ3) is 11.2. The van der Waals surface area contributed by atoms with Gasteiger partial charge in [0.05, 0.1) is 0 Å². The Labute approximate surface area is 175 Å². The number of hydrogen-bond donors (Lipinski definition) is 1. The molecule has 0 fully saturated rings. The summed E-state index contributed by atoms with van der Waals surface area (Å²) in [5.74, 6) is 0. The van der Waals surface area contributed by atoms with Gasteiger partial charge in [-0.2, -0.15) is 0 Å². The Hall–Kier alpha value is 0.299. The van der Waals surface area contributed by atoms with Crippen molar-refractivity contribution in [2.75, 3.05) is 0 Å². The van der Waals surface area contributed by atoms with Crippen LogP contribution in [-0.4, -0.2) is 35.7 Å². The Morgan fingerprint density at radius 1 is 0.889 bits per heavy atom.